The lowest BCUT2D eigenvalue weighted by molar-refractivity contribution is -0.385. The maximum Gasteiger partial charge on any atom is 0.274 e. The van der Waals surface area contributed by atoms with Crippen LogP contribution in [-0.4, -0.2) is 13.3 Å². The van der Waals surface area contributed by atoms with Crippen molar-refractivity contribution in [2.24, 2.45) is 0 Å². The lowest BCUT2D eigenvalue weighted by Crippen LogP contribution is -2.16. The van der Waals surface area contributed by atoms with E-state index in [4.69, 9.17) is 11.6 Å². The Labute approximate surface area is 132 Å². The molecule has 0 unspecified atom stereocenters. The van der Waals surface area contributed by atoms with Crippen LogP contribution in [0.4, 0.5) is 11.4 Å². The maximum absolute atomic E-state index is 12.2. The van der Waals surface area contributed by atoms with Gasteiger partial charge in [-0.3, -0.25) is 14.8 Å². The molecule has 0 saturated carbocycles. The third-order valence-electron chi connectivity index (χ3n) is 3.07. The van der Waals surface area contributed by atoms with Crippen molar-refractivity contribution in [2.75, 3.05) is 4.72 Å². The van der Waals surface area contributed by atoms with Crippen molar-refractivity contribution in [3.63, 3.8) is 0 Å². The van der Waals surface area contributed by atoms with Gasteiger partial charge in [0.15, 0.2) is 0 Å². The minimum atomic E-state index is -3.73. The van der Waals surface area contributed by atoms with Gasteiger partial charge in [0, 0.05) is 11.1 Å². The van der Waals surface area contributed by atoms with Gasteiger partial charge in [0.1, 0.15) is 0 Å². The Hall–Kier alpha value is -2.12. The monoisotopic (exact) mass is 340 g/mol. The number of hydrogen-bond donors (Lipinski definition) is 1. The van der Waals surface area contributed by atoms with Crippen LogP contribution in [0.5, 0.6) is 0 Å². The van der Waals surface area contributed by atoms with E-state index in [2.05, 4.69) is 4.72 Å². The normalized spacial score (nSPS) is 11.2. The van der Waals surface area contributed by atoms with E-state index in [-0.39, 0.29) is 22.7 Å². The molecule has 0 heterocycles. The predicted molar refractivity (Wildman–Crippen MR) is 85.5 cm³/mol. The van der Waals surface area contributed by atoms with Gasteiger partial charge in [-0.2, -0.15) is 0 Å². The molecule has 1 N–H and O–H groups in total. The molecule has 0 spiro atoms. The van der Waals surface area contributed by atoms with Crippen molar-refractivity contribution in [2.45, 2.75) is 12.7 Å². The lowest BCUT2D eigenvalue weighted by atomic mass is 10.2. The predicted octanol–water partition coefficient (Wildman–Crippen LogP) is 3.50. The number of nitrogens with zero attached hydrogens (tertiary/aromatic N) is 1. The van der Waals surface area contributed by atoms with Crippen LogP contribution in [0.1, 0.15) is 11.1 Å². The summed E-state index contributed by atoms with van der Waals surface area (Å²) in [6, 6.07) is 10.8. The van der Waals surface area contributed by atoms with Crippen molar-refractivity contribution in [1.82, 2.24) is 0 Å². The Morgan fingerprint density at radius 1 is 1.18 bits per heavy atom. The van der Waals surface area contributed by atoms with Gasteiger partial charge in [-0.25, -0.2) is 8.42 Å². The summed E-state index contributed by atoms with van der Waals surface area (Å²) in [5.74, 6) is -0.311. The summed E-state index contributed by atoms with van der Waals surface area (Å²) in [7, 11) is -3.73. The highest BCUT2D eigenvalue weighted by Crippen LogP contribution is 2.27. The highest BCUT2D eigenvalue weighted by atomic mass is 35.5. The Kier molecular flexibility index (Phi) is 4.68. The van der Waals surface area contributed by atoms with Crippen molar-refractivity contribution in [1.29, 1.82) is 0 Å². The molecule has 116 valence electrons. The number of anilines is 1. The number of sulfonamides is 1. The molecule has 2 aromatic rings. The van der Waals surface area contributed by atoms with Crippen LogP contribution < -0.4 is 4.72 Å². The molecule has 6 nitrogen and oxygen atoms in total. The molecule has 0 aliphatic rings. The number of nitro groups is 1. The van der Waals surface area contributed by atoms with E-state index in [1.165, 1.54) is 25.1 Å². The summed E-state index contributed by atoms with van der Waals surface area (Å²) < 4.78 is 26.8. The van der Waals surface area contributed by atoms with Crippen LogP contribution in [-0.2, 0) is 15.8 Å². The number of nitrogens with one attached hydrogen (secondary N) is 1. The summed E-state index contributed by atoms with van der Waals surface area (Å²) in [5.41, 5.74) is 0.759. The SMILES string of the molecule is Cc1c(NS(=O)(=O)Cc2ccccc2Cl)cccc1[N+](=O)[O-]. The maximum atomic E-state index is 12.2. The van der Waals surface area contributed by atoms with E-state index in [1.54, 1.807) is 24.3 Å². The fourth-order valence-corrected chi connectivity index (χ4v) is 3.53. The zero-order valence-corrected chi connectivity index (χ0v) is 13.2. The molecule has 2 rings (SSSR count). The molecule has 0 aromatic heterocycles. The Morgan fingerprint density at radius 3 is 2.50 bits per heavy atom. The standard InChI is InChI=1S/C14H13ClN2O4S/c1-10-13(7-4-8-14(10)17(18)19)16-22(20,21)9-11-5-2-3-6-12(11)15/h2-8,16H,9H2,1H3. The number of benzene rings is 2. The van der Waals surface area contributed by atoms with Crippen molar-refractivity contribution in [3.05, 3.63) is 68.7 Å². The number of hydrogen-bond acceptors (Lipinski definition) is 4. The van der Waals surface area contributed by atoms with Gasteiger partial charge in [0.05, 0.1) is 21.9 Å². The second-order valence-corrected chi connectivity index (χ2v) is 6.79. The molecule has 0 aliphatic carbocycles. The summed E-state index contributed by atoms with van der Waals surface area (Å²) in [6.45, 7) is 1.49. The second kappa shape index (κ2) is 6.33. The van der Waals surface area contributed by atoms with E-state index < -0.39 is 14.9 Å². The van der Waals surface area contributed by atoms with Crippen molar-refractivity contribution in [3.8, 4) is 0 Å². The molecule has 8 heteroatoms. The first-order valence-electron chi connectivity index (χ1n) is 6.28. The van der Waals surface area contributed by atoms with Gasteiger partial charge in [-0.1, -0.05) is 35.9 Å². The van der Waals surface area contributed by atoms with Crippen LogP contribution in [0.3, 0.4) is 0 Å². The number of halogens is 1. The first-order chi connectivity index (χ1) is 10.3. The first kappa shape index (κ1) is 16.3. The van der Waals surface area contributed by atoms with E-state index in [0.717, 1.165) is 0 Å². The van der Waals surface area contributed by atoms with E-state index in [9.17, 15) is 18.5 Å². The van der Waals surface area contributed by atoms with Crippen molar-refractivity contribution >= 4 is 33.0 Å². The van der Waals surface area contributed by atoms with Crippen LogP contribution in [0.25, 0.3) is 0 Å². The highest BCUT2D eigenvalue weighted by Gasteiger charge is 2.18. The van der Waals surface area contributed by atoms with Gasteiger partial charge in [-0.15, -0.1) is 0 Å². The third kappa shape index (κ3) is 3.75. The zero-order chi connectivity index (χ0) is 16.3. The first-order valence-corrected chi connectivity index (χ1v) is 8.31. The minimum Gasteiger partial charge on any atom is -0.283 e. The Balaban J connectivity index is 2.28. The summed E-state index contributed by atoms with van der Waals surface area (Å²) in [5, 5.41) is 11.2. The second-order valence-electron chi connectivity index (χ2n) is 4.66. The largest absolute Gasteiger partial charge is 0.283 e. The average molecular weight is 341 g/mol. The van der Waals surface area contributed by atoms with Crippen LogP contribution >= 0.6 is 11.6 Å². The Bertz CT molecular complexity index is 821. The van der Waals surface area contributed by atoms with Crippen LogP contribution in [0, 0.1) is 17.0 Å². The van der Waals surface area contributed by atoms with Crippen molar-refractivity contribution < 1.29 is 13.3 Å². The number of rotatable bonds is 5. The minimum absolute atomic E-state index is 0.141. The molecule has 0 bridgehead atoms. The third-order valence-corrected chi connectivity index (χ3v) is 4.66. The lowest BCUT2D eigenvalue weighted by Gasteiger charge is -2.11. The Morgan fingerprint density at radius 2 is 1.86 bits per heavy atom. The molecule has 0 aliphatic heterocycles. The molecule has 0 saturated heterocycles. The van der Waals surface area contributed by atoms with Gasteiger partial charge < -0.3 is 0 Å². The molecule has 2 aromatic carbocycles. The molecular weight excluding hydrogens is 328 g/mol. The fraction of sp³-hybridized carbons (Fsp3) is 0.143. The molecule has 0 radical (unpaired) electrons. The number of nitro benzene ring substituents is 1. The molecular formula is C14H13ClN2O4S. The summed E-state index contributed by atoms with van der Waals surface area (Å²) >= 11 is 5.95. The van der Waals surface area contributed by atoms with E-state index in [0.29, 0.717) is 10.6 Å². The van der Waals surface area contributed by atoms with Gasteiger partial charge in [0.2, 0.25) is 10.0 Å². The van der Waals surface area contributed by atoms with Crippen LogP contribution in [0.2, 0.25) is 5.02 Å². The van der Waals surface area contributed by atoms with Gasteiger partial charge in [-0.05, 0) is 24.6 Å². The average Bonchev–Trinajstić information content (AvgIpc) is 2.43. The van der Waals surface area contributed by atoms with Crippen LogP contribution in [0.15, 0.2) is 42.5 Å². The van der Waals surface area contributed by atoms with Gasteiger partial charge in [0.25, 0.3) is 5.69 Å². The molecule has 0 atom stereocenters. The highest BCUT2D eigenvalue weighted by molar-refractivity contribution is 7.91. The summed E-state index contributed by atoms with van der Waals surface area (Å²) in [6.07, 6.45) is 0. The molecule has 22 heavy (non-hydrogen) atoms. The molecule has 0 fully saturated rings. The molecule has 0 amide bonds. The van der Waals surface area contributed by atoms with Gasteiger partial charge >= 0.3 is 0 Å². The fourth-order valence-electron chi connectivity index (χ4n) is 1.96. The quantitative estimate of drug-likeness (QED) is 0.666. The smallest absolute Gasteiger partial charge is 0.274 e. The summed E-state index contributed by atoms with van der Waals surface area (Å²) in [4.78, 5) is 10.3. The van der Waals surface area contributed by atoms with E-state index >= 15 is 0 Å². The topological polar surface area (TPSA) is 89.3 Å². The zero-order valence-electron chi connectivity index (χ0n) is 11.6. The van der Waals surface area contributed by atoms with E-state index in [1.807, 2.05) is 0 Å².